The SMILES string of the molecule is CCCCC1=C(C(=O)OC)C(c2ccc(OC)cc2)N(C(=O)OCc2ccccc2)O1. The predicted molar refractivity (Wildman–Crippen MR) is 114 cm³/mol. The molecule has 0 bridgehead atoms. The average Bonchev–Trinajstić information content (AvgIpc) is 3.21. The van der Waals surface area contributed by atoms with E-state index in [-0.39, 0.29) is 6.61 Å². The summed E-state index contributed by atoms with van der Waals surface area (Å²) < 4.78 is 15.7. The van der Waals surface area contributed by atoms with Crippen LogP contribution < -0.4 is 4.74 Å². The zero-order chi connectivity index (χ0) is 22.2. The maximum absolute atomic E-state index is 13.0. The maximum atomic E-state index is 13.0. The van der Waals surface area contributed by atoms with Crippen LogP contribution in [0.5, 0.6) is 5.75 Å². The number of unbranched alkanes of at least 4 members (excludes halogenated alkanes) is 1. The molecule has 0 fully saturated rings. The fourth-order valence-corrected chi connectivity index (χ4v) is 3.36. The summed E-state index contributed by atoms with van der Waals surface area (Å²) in [4.78, 5) is 31.5. The van der Waals surface area contributed by atoms with Crippen LogP contribution in [0, 0.1) is 0 Å². The Bertz CT molecular complexity index is 923. The molecule has 0 N–H and O–H groups in total. The Morgan fingerprint density at radius 1 is 1.03 bits per heavy atom. The summed E-state index contributed by atoms with van der Waals surface area (Å²) in [5.74, 6) is 0.548. The summed E-state index contributed by atoms with van der Waals surface area (Å²) in [5, 5.41) is 1.11. The maximum Gasteiger partial charge on any atom is 0.444 e. The van der Waals surface area contributed by atoms with E-state index >= 15 is 0 Å². The number of methoxy groups -OCH3 is 2. The summed E-state index contributed by atoms with van der Waals surface area (Å²) in [6.45, 7) is 2.13. The summed E-state index contributed by atoms with van der Waals surface area (Å²) >= 11 is 0. The molecule has 7 nitrogen and oxygen atoms in total. The molecule has 164 valence electrons. The van der Waals surface area contributed by atoms with Gasteiger partial charge < -0.3 is 19.0 Å². The van der Waals surface area contributed by atoms with Crippen LogP contribution in [0.4, 0.5) is 4.79 Å². The van der Waals surface area contributed by atoms with Crippen molar-refractivity contribution in [1.82, 2.24) is 5.06 Å². The van der Waals surface area contributed by atoms with Crippen LogP contribution >= 0.6 is 0 Å². The number of hydrogen-bond donors (Lipinski definition) is 0. The molecule has 0 aliphatic carbocycles. The van der Waals surface area contributed by atoms with Crippen molar-refractivity contribution in [2.75, 3.05) is 14.2 Å². The molecule has 1 atom stereocenters. The first-order valence-electron chi connectivity index (χ1n) is 10.2. The van der Waals surface area contributed by atoms with E-state index in [1.165, 1.54) is 7.11 Å². The number of carbonyl (C=O) groups excluding carboxylic acids is 2. The molecule has 0 saturated heterocycles. The minimum Gasteiger partial charge on any atom is -0.497 e. The first-order chi connectivity index (χ1) is 15.1. The van der Waals surface area contributed by atoms with Crippen molar-refractivity contribution in [1.29, 1.82) is 0 Å². The van der Waals surface area contributed by atoms with Crippen molar-refractivity contribution in [2.45, 2.75) is 38.8 Å². The Hall–Kier alpha value is -3.48. The van der Waals surface area contributed by atoms with Crippen molar-refractivity contribution in [2.24, 2.45) is 0 Å². The van der Waals surface area contributed by atoms with Gasteiger partial charge >= 0.3 is 12.1 Å². The number of rotatable bonds is 8. The van der Waals surface area contributed by atoms with Gasteiger partial charge in [0.2, 0.25) is 0 Å². The highest BCUT2D eigenvalue weighted by Crippen LogP contribution is 2.41. The Morgan fingerprint density at radius 3 is 2.35 bits per heavy atom. The molecule has 0 aromatic heterocycles. The third kappa shape index (κ3) is 5.17. The molecule has 2 aromatic carbocycles. The number of esters is 1. The van der Waals surface area contributed by atoms with Gasteiger partial charge in [0.1, 0.15) is 29.7 Å². The van der Waals surface area contributed by atoms with Crippen LogP contribution in [0.3, 0.4) is 0 Å². The van der Waals surface area contributed by atoms with Crippen molar-refractivity contribution in [3.05, 3.63) is 77.1 Å². The molecule has 1 heterocycles. The summed E-state index contributed by atoms with van der Waals surface area (Å²) in [7, 11) is 2.89. The highest BCUT2D eigenvalue weighted by molar-refractivity contribution is 5.92. The van der Waals surface area contributed by atoms with Gasteiger partial charge in [-0.1, -0.05) is 55.8 Å². The second-order valence-corrected chi connectivity index (χ2v) is 7.06. The second kappa shape index (κ2) is 10.5. The molecular formula is C24H27NO6. The number of carbonyl (C=O) groups is 2. The van der Waals surface area contributed by atoms with Crippen LogP contribution in [0.25, 0.3) is 0 Å². The Kier molecular flexibility index (Phi) is 7.54. The number of hydroxylamine groups is 2. The van der Waals surface area contributed by atoms with Gasteiger partial charge in [-0.15, -0.1) is 5.06 Å². The van der Waals surface area contributed by atoms with Crippen molar-refractivity contribution in [3.8, 4) is 5.75 Å². The Morgan fingerprint density at radius 2 is 1.74 bits per heavy atom. The molecule has 1 aliphatic rings. The zero-order valence-electron chi connectivity index (χ0n) is 18.0. The van der Waals surface area contributed by atoms with Crippen molar-refractivity contribution < 1.29 is 28.6 Å². The zero-order valence-corrected chi connectivity index (χ0v) is 18.0. The molecule has 1 unspecified atom stereocenters. The van der Waals surface area contributed by atoms with E-state index in [0.717, 1.165) is 23.5 Å². The van der Waals surface area contributed by atoms with Gasteiger partial charge in [0.25, 0.3) is 0 Å². The van der Waals surface area contributed by atoms with Crippen LogP contribution in [0.2, 0.25) is 0 Å². The lowest BCUT2D eigenvalue weighted by atomic mass is 9.96. The van der Waals surface area contributed by atoms with E-state index in [0.29, 0.717) is 29.1 Å². The number of nitrogens with zero attached hydrogens (tertiary/aromatic N) is 1. The van der Waals surface area contributed by atoms with E-state index < -0.39 is 18.1 Å². The van der Waals surface area contributed by atoms with E-state index in [2.05, 4.69) is 0 Å². The normalized spacial score (nSPS) is 15.5. The topological polar surface area (TPSA) is 74.3 Å². The first kappa shape index (κ1) is 22.2. The van der Waals surface area contributed by atoms with Crippen LogP contribution in [0.15, 0.2) is 65.9 Å². The molecule has 1 aliphatic heterocycles. The molecular weight excluding hydrogens is 398 g/mol. The fraction of sp³-hybridized carbons (Fsp3) is 0.333. The molecule has 0 spiro atoms. The quantitative estimate of drug-likeness (QED) is 0.558. The molecule has 31 heavy (non-hydrogen) atoms. The third-order valence-electron chi connectivity index (χ3n) is 5.00. The van der Waals surface area contributed by atoms with Gasteiger partial charge in [0, 0.05) is 6.42 Å². The highest BCUT2D eigenvalue weighted by atomic mass is 16.7. The van der Waals surface area contributed by atoms with E-state index in [9.17, 15) is 9.59 Å². The number of allylic oxidation sites excluding steroid dienone is 1. The Balaban J connectivity index is 1.92. The molecule has 7 heteroatoms. The monoisotopic (exact) mass is 425 g/mol. The minimum absolute atomic E-state index is 0.0900. The number of ether oxygens (including phenoxy) is 3. The summed E-state index contributed by atoms with van der Waals surface area (Å²) in [6, 6.07) is 15.7. The number of hydrogen-bond acceptors (Lipinski definition) is 6. The highest BCUT2D eigenvalue weighted by Gasteiger charge is 2.44. The van der Waals surface area contributed by atoms with Gasteiger partial charge in [-0.25, -0.2) is 9.59 Å². The molecule has 0 saturated carbocycles. The first-order valence-corrected chi connectivity index (χ1v) is 10.2. The lowest BCUT2D eigenvalue weighted by molar-refractivity contribution is -0.137. The largest absolute Gasteiger partial charge is 0.497 e. The Labute approximate surface area is 182 Å². The van der Waals surface area contributed by atoms with Gasteiger partial charge in [-0.3, -0.25) is 0 Å². The lowest BCUT2D eigenvalue weighted by Crippen LogP contribution is -2.32. The lowest BCUT2D eigenvalue weighted by Gasteiger charge is -2.24. The van der Waals surface area contributed by atoms with Gasteiger partial charge in [0.15, 0.2) is 0 Å². The van der Waals surface area contributed by atoms with Gasteiger partial charge in [0.05, 0.1) is 14.2 Å². The molecule has 3 rings (SSSR count). The van der Waals surface area contributed by atoms with E-state index in [1.807, 2.05) is 37.3 Å². The third-order valence-corrected chi connectivity index (χ3v) is 5.00. The van der Waals surface area contributed by atoms with Crippen molar-refractivity contribution in [3.63, 3.8) is 0 Å². The number of benzene rings is 2. The smallest absolute Gasteiger partial charge is 0.444 e. The van der Waals surface area contributed by atoms with E-state index in [4.69, 9.17) is 19.0 Å². The van der Waals surface area contributed by atoms with Crippen molar-refractivity contribution >= 4 is 12.1 Å². The summed E-state index contributed by atoms with van der Waals surface area (Å²) in [6.07, 6.45) is 1.54. The van der Waals surface area contributed by atoms with Gasteiger partial charge in [-0.05, 0) is 29.7 Å². The predicted octanol–water partition coefficient (Wildman–Crippen LogP) is 4.94. The van der Waals surface area contributed by atoms with Gasteiger partial charge in [-0.2, -0.15) is 0 Å². The molecule has 2 aromatic rings. The molecule has 1 amide bonds. The minimum atomic E-state index is -0.784. The summed E-state index contributed by atoms with van der Waals surface area (Å²) in [5.41, 5.74) is 1.84. The second-order valence-electron chi connectivity index (χ2n) is 7.06. The standard InChI is InChI=1S/C24H27NO6/c1-4-5-11-20-21(23(26)29-3)22(18-12-14-19(28-2)15-13-18)25(31-20)24(27)30-16-17-9-7-6-8-10-17/h6-10,12-15,22H,4-5,11,16H2,1-3H3. The van der Waals surface area contributed by atoms with E-state index in [1.54, 1.807) is 31.4 Å². The van der Waals surface area contributed by atoms with Crippen LogP contribution in [0.1, 0.15) is 43.4 Å². The number of amides is 1. The van der Waals surface area contributed by atoms with Crippen LogP contribution in [-0.2, 0) is 25.7 Å². The molecule has 0 radical (unpaired) electrons. The fourth-order valence-electron chi connectivity index (χ4n) is 3.36. The average molecular weight is 425 g/mol. The van der Waals surface area contributed by atoms with Crippen LogP contribution in [-0.4, -0.2) is 31.3 Å².